The number of carbonyl (C=O) groups excluding carboxylic acids is 2. The third-order valence-corrected chi connectivity index (χ3v) is 4.91. The van der Waals surface area contributed by atoms with Gasteiger partial charge in [0, 0.05) is 5.88 Å². The van der Waals surface area contributed by atoms with Crippen molar-refractivity contribution in [1.82, 2.24) is 0 Å². The minimum Gasteiger partial charge on any atom is -0.447 e. The van der Waals surface area contributed by atoms with E-state index in [1.807, 2.05) is 31.2 Å². The number of benzene rings is 1. The lowest BCUT2D eigenvalue weighted by Crippen LogP contribution is -2.36. The Kier molecular flexibility index (Phi) is 4.95. The van der Waals surface area contributed by atoms with Gasteiger partial charge in [0.05, 0.1) is 6.42 Å². The molecule has 5 heteroatoms. The van der Waals surface area contributed by atoms with Gasteiger partial charge < -0.3 is 9.47 Å². The molecule has 0 aromatic heterocycles. The van der Waals surface area contributed by atoms with Crippen molar-refractivity contribution in [2.75, 3.05) is 5.88 Å². The van der Waals surface area contributed by atoms with Crippen molar-refractivity contribution in [1.29, 1.82) is 0 Å². The van der Waals surface area contributed by atoms with E-state index in [1.165, 1.54) is 0 Å². The number of rotatable bonds is 4. The highest BCUT2D eigenvalue weighted by Crippen LogP contribution is 2.47. The van der Waals surface area contributed by atoms with Gasteiger partial charge >= 0.3 is 11.9 Å². The molecule has 1 spiro atoms. The van der Waals surface area contributed by atoms with Gasteiger partial charge in [0.2, 0.25) is 0 Å². The van der Waals surface area contributed by atoms with Gasteiger partial charge in [0.25, 0.3) is 0 Å². The molecular weight excluding hydrogens is 328 g/mol. The van der Waals surface area contributed by atoms with E-state index in [1.54, 1.807) is 0 Å². The molecule has 0 atom stereocenters. The number of alkyl halides is 1. The van der Waals surface area contributed by atoms with Crippen LogP contribution < -0.4 is 0 Å². The number of esters is 2. The maximum Gasteiger partial charge on any atom is 0.343 e. The molecule has 1 aliphatic heterocycles. The van der Waals surface area contributed by atoms with Crippen molar-refractivity contribution in [3.63, 3.8) is 0 Å². The summed E-state index contributed by atoms with van der Waals surface area (Å²) in [6.45, 7) is 1.93. The molecule has 0 amide bonds. The minimum absolute atomic E-state index is 0.108. The van der Waals surface area contributed by atoms with Gasteiger partial charge in [-0.1, -0.05) is 30.7 Å². The van der Waals surface area contributed by atoms with E-state index >= 15 is 0 Å². The molecule has 1 aromatic carbocycles. The molecule has 0 saturated heterocycles. The van der Waals surface area contributed by atoms with Crippen LogP contribution in [0, 0.1) is 6.92 Å². The molecule has 1 fully saturated rings. The van der Waals surface area contributed by atoms with Crippen LogP contribution in [0.15, 0.2) is 30.0 Å². The molecule has 128 valence electrons. The highest BCUT2D eigenvalue weighted by molar-refractivity contribution is 6.20. The van der Waals surface area contributed by atoms with Gasteiger partial charge in [-0.15, -0.1) is 11.6 Å². The normalized spacial score (nSPS) is 19.5. The minimum atomic E-state index is -0.797. The molecule has 0 radical (unpaired) electrons. The van der Waals surface area contributed by atoms with Crippen LogP contribution in [0.25, 0.3) is 5.57 Å². The Morgan fingerprint density at radius 1 is 1.25 bits per heavy atom. The van der Waals surface area contributed by atoms with Gasteiger partial charge in [0.15, 0.2) is 11.4 Å². The van der Waals surface area contributed by atoms with E-state index < -0.39 is 17.5 Å². The average Bonchev–Trinajstić information content (AvgIpc) is 2.80. The Labute approximate surface area is 146 Å². The van der Waals surface area contributed by atoms with Gasteiger partial charge in [0.1, 0.15) is 5.57 Å². The summed E-state index contributed by atoms with van der Waals surface area (Å²) in [4.78, 5) is 24.7. The molecule has 1 aliphatic carbocycles. The zero-order valence-corrected chi connectivity index (χ0v) is 14.5. The fraction of sp³-hybridized carbons (Fsp3) is 0.474. The second kappa shape index (κ2) is 6.98. The van der Waals surface area contributed by atoms with Gasteiger partial charge in [-0.3, -0.25) is 4.79 Å². The predicted octanol–water partition coefficient (Wildman–Crippen LogP) is 4.14. The molecule has 1 saturated carbocycles. The number of aryl methyl sites for hydroxylation is 1. The first-order valence-corrected chi connectivity index (χ1v) is 8.91. The molecule has 0 unspecified atom stereocenters. The summed E-state index contributed by atoms with van der Waals surface area (Å²) in [5.41, 5.74) is 1.30. The third kappa shape index (κ3) is 3.07. The van der Waals surface area contributed by atoms with Crippen molar-refractivity contribution in [3.8, 4) is 0 Å². The highest BCUT2D eigenvalue weighted by atomic mass is 35.5. The largest absolute Gasteiger partial charge is 0.447 e. The molecule has 3 rings (SSSR count). The molecule has 1 aromatic rings. The first kappa shape index (κ1) is 17.0. The maximum atomic E-state index is 12.7. The lowest BCUT2D eigenvalue weighted by Gasteiger charge is -2.33. The molecule has 0 bridgehead atoms. The topological polar surface area (TPSA) is 52.6 Å². The molecule has 0 N–H and O–H groups in total. The van der Waals surface area contributed by atoms with Crippen molar-refractivity contribution < 1.29 is 19.1 Å². The van der Waals surface area contributed by atoms with Crippen LogP contribution in [0.3, 0.4) is 0 Å². The predicted molar refractivity (Wildman–Crippen MR) is 91.4 cm³/mol. The lowest BCUT2D eigenvalue weighted by atomic mass is 9.82. The molecule has 4 nitrogen and oxygen atoms in total. The van der Waals surface area contributed by atoms with Crippen LogP contribution >= 0.6 is 11.6 Å². The zero-order chi connectivity index (χ0) is 17.2. The van der Waals surface area contributed by atoms with Gasteiger partial charge in [-0.25, -0.2) is 4.79 Å². The first-order valence-electron chi connectivity index (χ1n) is 8.38. The Bertz CT molecular complexity index is 686. The van der Waals surface area contributed by atoms with E-state index in [0.717, 1.165) is 30.4 Å². The smallest absolute Gasteiger partial charge is 0.343 e. The van der Waals surface area contributed by atoms with Crippen molar-refractivity contribution in [2.24, 2.45) is 0 Å². The van der Waals surface area contributed by atoms with E-state index in [2.05, 4.69) is 0 Å². The van der Waals surface area contributed by atoms with Crippen LogP contribution in [-0.4, -0.2) is 23.4 Å². The van der Waals surface area contributed by atoms with Crippen molar-refractivity contribution in [3.05, 3.63) is 41.2 Å². The second-order valence-corrected chi connectivity index (χ2v) is 6.75. The Morgan fingerprint density at radius 2 is 1.96 bits per heavy atom. The van der Waals surface area contributed by atoms with Gasteiger partial charge in [-0.2, -0.15) is 0 Å². The number of hydrogen-bond acceptors (Lipinski definition) is 4. The molecule has 2 aliphatic rings. The summed E-state index contributed by atoms with van der Waals surface area (Å²) in [5, 5.41) is 0. The summed E-state index contributed by atoms with van der Waals surface area (Å²) in [6, 6.07) is 7.57. The molecule has 24 heavy (non-hydrogen) atoms. The van der Waals surface area contributed by atoms with E-state index in [-0.39, 0.29) is 12.3 Å². The molecule has 1 heterocycles. The molecular formula is C19H21ClO4. The number of halogens is 1. The van der Waals surface area contributed by atoms with E-state index in [0.29, 0.717) is 24.2 Å². The van der Waals surface area contributed by atoms with E-state index in [4.69, 9.17) is 21.1 Å². The average molecular weight is 349 g/mol. The van der Waals surface area contributed by atoms with Crippen LogP contribution in [0.2, 0.25) is 0 Å². The van der Waals surface area contributed by atoms with Crippen LogP contribution in [0.5, 0.6) is 0 Å². The standard InChI is InChI=1S/C19H21ClO4/c1-13-7-3-4-8-14(13)16-17(23-15(21)9-12-20)19(24-18(16)22)10-5-2-6-11-19/h3-4,7-8H,2,5-6,9-12H2,1H3. The lowest BCUT2D eigenvalue weighted by molar-refractivity contribution is -0.155. The quantitative estimate of drug-likeness (QED) is 0.606. The Hall–Kier alpha value is -1.81. The van der Waals surface area contributed by atoms with Crippen LogP contribution in [0.1, 0.15) is 49.7 Å². The van der Waals surface area contributed by atoms with Crippen LogP contribution in [0.4, 0.5) is 0 Å². The summed E-state index contributed by atoms with van der Waals surface area (Å²) in [6.07, 6.45) is 4.49. The number of hydrogen-bond donors (Lipinski definition) is 0. The highest BCUT2D eigenvalue weighted by Gasteiger charge is 2.51. The Morgan fingerprint density at radius 3 is 2.62 bits per heavy atom. The number of carbonyl (C=O) groups is 2. The fourth-order valence-corrected chi connectivity index (χ4v) is 3.67. The van der Waals surface area contributed by atoms with Crippen LogP contribution in [-0.2, 0) is 19.1 Å². The SMILES string of the molecule is Cc1ccccc1C1=C(OC(=O)CCCl)C2(CCCCC2)OC1=O. The van der Waals surface area contributed by atoms with Gasteiger partial charge in [-0.05, 0) is 43.7 Å². The maximum absolute atomic E-state index is 12.7. The second-order valence-electron chi connectivity index (χ2n) is 6.38. The summed E-state index contributed by atoms with van der Waals surface area (Å²) in [7, 11) is 0. The number of ether oxygens (including phenoxy) is 2. The third-order valence-electron chi connectivity index (χ3n) is 4.72. The monoisotopic (exact) mass is 348 g/mol. The first-order chi connectivity index (χ1) is 11.6. The summed E-state index contributed by atoms with van der Waals surface area (Å²) in [5.74, 6) is -0.251. The fourth-order valence-electron chi connectivity index (χ4n) is 3.52. The summed E-state index contributed by atoms with van der Waals surface area (Å²) < 4.78 is 11.4. The van der Waals surface area contributed by atoms with E-state index in [9.17, 15) is 9.59 Å². The van der Waals surface area contributed by atoms with Crippen molar-refractivity contribution >= 4 is 29.1 Å². The van der Waals surface area contributed by atoms with Crippen molar-refractivity contribution in [2.45, 2.75) is 51.0 Å². The zero-order valence-electron chi connectivity index (χ0n) is 13.8. The summed E-state index contributed by atoms with van der Waals surface area (Å²) >= 11 is 5.65. The Balaban J connectivity index is 2.09.